The van der Waals surface area contributed by atoms with E-state index in [0.29, 0.717) is 5.92 Å². The number of ether oxygens (including phenoxy) is 1. The van der Waals surface area contributed by atoms with Crippen LogP contribution in [0, 0.1) is 5.82 Å². The predicted molar refractivity (Wildman–Crippen MR) is 57.8 cm³/mol. The minimum atomic E-state index is -0.177. The second-order valence-corrected chi connectivity index (χ2v) is 3.91. The summed E-state index contributed by atoms with van der Waals surface area (Å²) in [6.07, 6.45) is 2.11. The molecule has 1 N–H and O–H groups in total. The Balaban J connectivity index is 2.27. The van der Waals surface area contributed by atoms with E-state index in [0.717, 1.165) is 37.2 Å². The van der Waals surface area contributed by atoms with Crippen LogP contribution in [0.25, 0.3) is 0 Å². The summed E-state index contributed by atoms with van der Waals surface area (Å²) < 4.78 is 18.4. The lowest BCUT2D eigenvalue weighted by molar-refractivity contribution is 0.390. The molecule has 2 rings (SSSR count). The molecule has 3 heteroatoms. The smallest absolute Gasteiger partial charge is 0.123 e. The van der Waals surface area contributed by atoms with Gasteiger partial charge in [0, 0.05) is 5.56 Å². The standard InChI is InChI=1S/C12H16FNO/c1-15-12-3-2-10(13)8-11(12)9-4-6-14-7-5-9/h2-3,8-9,14H,4-7H2,1H3. The van der Waals surface area contributed by atoms with Crippen LogP contribution in [0.4, 0.5) is 4.39 Å². The second kappa shape index (κ2) is 4.62. The van der Waals surface area contributed by atoms with Crippen molar-refractivity contribution >= 4 is 0 Å². The number of piperidine rings is 1. The summed E-state index contributed by atoms with van der Waals surface area (Å²) in [5.74, 6) is 1.06. The molecule has 1 aliphatic heterocycles. The van der Waals surface area contributed by atoms with E-state index in [4.69, 9.17) is 4.74 Å². The first-order valence-corrected chi connectivity index (χ1v) is 5.35. The number of methoxy groups -OCH3 is 1. The van der Waals surface area contributed by atoms with Gasteiger partial charge in [0.05, 0.1) is 7.11 Å². The fraction of sp³-hybridized carbons (Fsp3) is 0.500. The van der Waals surface area contributed by atoms with Gasteiger partial charge in [-0.3, -0.25) is 0 Å². The topological polar surface area (TPSA) is 21.3 Å². The van der Waals surface area contributed by atoms with E-state index >= 15 is 0 Å². The molecule has 1 heterocycles. The molecule has 1 saturated heterocycles. The highest BCUT2D eigenvalue weighted by Gasteiger charge is 2.19. The van der Waals surface area contributed by atoms with Gasteiger partial charge >= 0.3 is 0 Å². The third-order valence-corrected chi connectivity index (χ3v) is 2.97. The summed E-state index contributed by atoms with van der Waals surface area (Å²) >= 11 is 0. The third kappa shape index (κ3) is 2.29. The molecule has 1 aromatic carbocycles. The average molecular weight is 209 g/mol. The maximum atomic E-state index is 13.2. The van der Waals surface area contributed by atoms with E-state index in [1.54, 1.807) is 19.2 Å². The lowest BCUT2D eigenvalue weighted by Gasteiger charge is -2.24. The summed E-state index contributed by atoms with van der Waals surface area (Å²) in [7, 11) is 1.64. The normalized spacial score (nSPS) is 17.7. The Bertz CT molecular complexity index is 334. The van der Waals surface area contributed by atoms with Crippen molar-refractivity contribution in [1.82, 2.24) is 5.32 Å². The van der Waals surface area contributed by atoms with Crippen LogP contribution in [0.2, 0.25) is 0 Å². The van der Waals surface area contributed by atoms with Gasteiger partial charge in [0.1, 0.15) is 11.6 Å². The fourth-order valence-electron chi connectivity index (χ4n) is 2.16. The summed E-state index contributed by atoms with van der Waals surface area (Å²) in [5.41, 5.74) is 1.01. The van der Waals surface area contributed by atoms with Crippen LogP contribution < -0.4 is 10.1 Å². The molecule has 0 bridgehead atoms. The molecular weight excluding hydrogens is 193 g/mol. The Morgan fingerprint density at radius 1 is 1.33 bits per heavy atom. The van der Waals surface area contributed by atoms with Crippen LogP contribution in [-0.4, -0.2) is 20.2 Å². The number of halogens is 1. The van der Waals surface area contributed by atoms with Crippen molar-refractivity contribution in [2.24, 2.45) is 0 Å². The van der Waals surface area contributed by atoms with E-state index in [-0.39, 0.29) is 5.82 Å². The molecule has 0 aliphatic carbocycles. The van der Waals surface area contributed by atoms with Crippen molar-refractivity contribution in [1.29, 1.82) is 0 Å². The van der Waals surface area contributed by atoms with Gasteiger partial charge in [0.2, 0.25) is 0 Å². The number of rotatable bonds is 2. The first-order chi connectivity index (χ1) is 7.31. The van der Waals surface area contributed by atoms with E-state index in [2.05, 4.69) is 5.32 Å². The highest BCUT2D eigenvalue weighted by molar-refractivity contribution is 5.37. The molecule has 0 unspecified atom stereocenters. The summed E-state index contributed by atoms with van der Waals surface area (Å²) in [4.78, 5) is 0. The Hall–Kier alpha value is -1.09. The third-order valence-electron chi connectivity index (χ3n) is 2.97. The summed E-state index contributed by atoms with van der Waals surface area (Å²) in [6, 6.07) is 4.77. The minimum absolute atomic E-state index is 0.177. The quantitative estimate of drug-likeness (QED) is 0.807. The predicted octanol–water partition coefficient (Wildman–Crippen LogP) is 2.30. The molecule has 15 heavy (non-hydrogen) atoms. The van der Waals surface area contributed by atoms with Gasteiger partial charge in [-0.1, -0.05) is 0 Å². The van der Waals surface area contributed by atoms with Gasteiger partial charge < -0.3 is 10.1 Å². The number of nitrogens with one attached hydrogen (secondary N) is 1. The first kappa shape index (κ1) is 10.4. The molecule has 1 fully saturated rings. The zero-order valence-electron chi connectivity index (χ0n) is 8.92. The van der Waals surface area contributed by atoms with E-state index in [9.17, 15) is 4.39 Å². The minimum Gasteiger partial charge on any atom is -0.496 e. The molecular formula is C12H16FNO. The van der Waals surface area contributed by atoms with Crippen molar-refractivity contribution in [3.8, 4) is 5.75 Å². The highest BCUT2D eigenvalue weighted by atomic mass is 19.1. The van der Waals surface area contributed by atoms with E-state index < -0.39 is 0 Å². The number of hydrogen-bond donors (Lipinski definition) is 1. The SMILES string of the molecule is COc1ccc(F)cc1C1CCNCC1. The van der Waals surface area contributed by atoms with Crippen molar-refractivity contribution in [3.63, 3.8) is 0 Å². The lowest BCUT2D eigenvalue weighted by atomic mass is 9.89. The van der Waals surface area contributed by atoms with Crippen molar-refractivity contribution in [2.75, 3.05) is 20.2 Å². The Labute approximate surface area is 89.4 Å². The van der Waals surface area contributed by atoms with Gasteiger partial charge in [-0.2, -0.15) is 0 Å². The Kier molecular flexibility index (Phi) is 3.21. The maximum Gasteiger partial charge on any atom is 0.123 e. The second-order valence-electron chi connectivity index (χ2n) is 3.91. The van der Waals surface area contributed by atoms with Crippen LogP contribution >= 0.6 is 0 Å². The van der Waals surface area contributed by atoms with Crippen LogP contribution in [-0.2, 0) is 0 Å². The average Bonchev–Trinajstić information content (AvgIpc) is 2.30. The van der Waals surface area contributed by atoms with Crippen LogP contribution in [0.5, 0.6) is 5.75 Å². The maximum absolute atomic E-state index is 13.2. The molecule has 0 spiro atoms. The summed E-state index contributed by atoms with van der Waals surface area (Å²) in [5, 5.41) is 3.30. The van der Waals surface area contributed by atoms with Crippen LogP contribution in [0.1, 0.15) is 24.3 Å². The number of benzene rings is 1. The first-order valence-electron chi connectivity index (χ1n) is 5.35. The van der Waals surface area contributed by atoms with Gasteiger partial charge in [-0.15, -0.1) is 0 Å². The largest absolute Gasteiger partial charge is 0.496 e. The zero-order valence-corrected chi connectivity index (χ0v) is 8.92. The zero-order chi connectivity index (χ0) is 10.7. The van der Waals surface area contributed by atoms with Crippen molar-refractivity contribution < 1.29 is 9.13 Å². The lowest BCUT2D eigenvalue weighted by Crippen LogP contribution is -2.26. The van der Waals surface area contributed by atoms with Gasteiger partial charge in [-0.25, -0.2) is 4.39 Å². The molecule has 0 radical (unpaired) electrons. The monoisotopic (exact) mass is 209 g/mol. The van der Waals surface area contributed by atoms with Crippen molar-refractivity contribution in [2.45, 2.75) is 18.8 Å². The molecule has 0 saturated carbocycles. The Morgan fingerprint density at radius 2 is 2.07 bits per heavy atom. The van der Waals surface area contributed by atoms with E-state index in [1.165, 1.54) is 6.07 Å². The molecule has 2 nitrogen and oxygen atoms in total. The molecule has 1 aliphatic rings. The van der Waals surface area contributed by atoms with Crippen LogP contribution in [0.3, 0.4) is 0 Å². The van der Waals surface area contributed by atoms with Gasteiger partial charge in [-0.05, 0) is 50.0 Å². The fourth-order valence-corrected chi connectivity index (χ4v) is 2.16. The van der Waals surface area contributed by atoms with Crippen molar-refractivity contribution in [3.05, 3.63) is 29.6 Å². The van der Waals surface area contributed by atoms with Gasteiger partial charge in [0.25, 0.3) is 0 Å². The molecule has 0 amide bonds. The molecule has 0 atom stereocenters. The molecule has 82 valence electrons. The molecule has 1 aromatic rings. The summed E-state index contributed by atoms with van der Waals surface area (Å²) in [6.45, 7) is 2.01. The molecule has 0 aromatic heterocycles. The van der Waals surface area contributed by atoms with Gasteiger partial charge in [0.15, 0.2) is 0 Å². The van der Waals surface area contributed by atoms with E-state index in [1.807, 2.05) is 0 Å². The highest BCUT2D eigenvalue weighted by Crippen LogP contribution is 2.32. The van der Waals surface area contributed by atoms with Crippen LogP contribution in [0.15, 0.2) is 18.2 Å². The number of hydrogen-bond acceptors (Lipinski definition) is 2. The Morgan fingerprint density at radius 3 is 2.73 bits per heavy atom.